The summed E-state index contributed by atoms with van der Waals surface area (Å²) in [6.07, 6.45) is -0.724. The molecule has 2 aliphatic heterocycles. The largest absolute Gasteiger partial charge is 0.382 e. The molecule has 2 aromatic rings. The number of aliphatic hydroxyl groups is 1. The molecule has 3 heterocycles. The molecule has 0 radical (unpaired) electrons. The molecule has 1 N–H and O–H groups in total. The van der Waals surface area contributed by atoms with E-state index in [1.165, 1.54) is 0 Å². The van der Waals surface area contributed by atoms with Crippen molar-refractivity contribution in [2.75, 3.05) is 39.4 Å². The van der Waals surface area contributed by atoms with Crippen LogP contribution in [0.2, 0.25) is 0 Å². The van der Waals surface area contributed by atoms with Crippen LogP contribution in [0.3, 0.4) is 0 Å². The molecule has 0 bridgehead atoms. The number of hydrogen-bond donors (Lipinski definition) is 1. The molecule has 7 heteroatoms. The molecular formula is C19H24N4O3. The molecule has 1 aromatic heterocycles. The van der Waals surface area contributed by atoms with E-state index in [1.54, 1.807) is 0 Å². The first kappa shape index (κ1) is 17.2. The molecular weight excluding hydrogens is 332 g/mol. The number of amides is 1. The Hall–Kier alpha value is -2.22. The lowest BCUT2D eigenvalue weighted by atomic mass is 10.1. The first-order chi connectivity index (χ1) is 12.7. The molecule has 2 aliphatic rings. The summed E-state index contributed by atoms with van der Waals surface area (Å²) in [6.45, 7) is 5.21. The van der Waals surface area contributed by atoms with Crippen LogP contribution in [0.5, 0.6) is 0 Å². The summed E-state index contributed by atoms with van der Waals surface area (Å²) in [5.74, 6) is 0.158. The molecule has 1 atom stereocenters. The van der Waals surface area contributed by atoms with Crippen LogP contribution in [0, 0.1) is 0 Å². The number of ether oxygens (including phenoxy) is 1. The number of fused-ring (bicyclic) bond motifs is 1. The Balaban J connectivity index is 1.41. The molecule has 7 nitrogen and oxygen atoms in total. The predicted molar refractivity (Wildman–Crippen MR) is 95.4 cm³/mol. The van der Waals surface area contributed by atoms with E-state index in [0.717, 1.165) is 24.3 Å². The molecule has 0 aliphatic carbocycles. The van der Waals surface area contributed by atoms with Gasteiger partial charge in [0.1, 0.15) is 6.10 Å². The number of morpholine rings is 1. The number of nitrogens with zero attached hydrogens (tertiary/aromatic N) is 4. The number of rotatable bonds is 4. The van der Waals surface area contributed by atoms with Gasteiger partial charge in [-0.25, -0.2) is 0 Å². The van der Waals surface area contributed by atoms with Crippen LogP contribution in [-0.4, -0.2) is 70.0 Å². The van der Waals surface area contributed by atoms with Gasteiger partial charge in [-0.15, -0.1) is 0 Å². The molecule has 1 fully saturated rings. The third-order valence-electron chi connectivity index (χ3n) is 5.01. The van der Waals surface area contributed by atoms with Gasteiger partial charge in [-0.05, 0) is 11.6 Å². The topological polar surface area (TPSA) is 70.8 Å². The van der Waals surface area contributed by atoms with Gasteiger partial charge in [-0.1, -0.05) is 30.3 Å². The van der Waals surface area contributed by atoms with Crippen molar-refractivity contribution in [1.82, 2.24) is 19.6 Å². The van der Waals surface area contributed by atoms with Gasteiger partial charge in [0, 0.05) is 26.2 Å². The van der Waals surface area contributed by atoms with E-state index in [4.69, 9.17) is 4.74 Å². The average molecular weight is 356 g/mol. The van der Waals surface area contributed by atoms with Crippen LogP contribution < -0.4 is 0 Å². The molecule has 26 heavy (non-hydrogen) atoms. The fourth-order valence-corrected chi connectivity index (χ4v) is 3.52. The van der Waals surface area contributed by atoms with Crippen LogP contribution in [0.25, 0.3) is 0 Å². The van der Waals surface area contributed by atoms with Gasteiger partial charge < -0.3 is 14.7 Å². The quantitative estimate of drug-likeness (QED) is 0.871. The fraction of sp³-hybridized carbons (Fsp3) is 0.474. The summed E-state index contributed by atoms with van der Waals surface area (Å²) >= 11 is 0. The van der Waals surface area contributed by atoms with Crippen molar-refractivity contribution in [3.63, 3.8) is 0 Å². The summed E-state index contributed by atoms with van der Waals surface area (Å²) in [5, 5.41) is 15.1. The third kappa shape index (κ3) is 3.65. The van der Waals surface area contributed by atoms with Gasteiger partial charge in [0.25, 0.3) is 0 Å². The monoisotopic (exact) mass is 356 g/mol. The van der Waals surface area contributed by atoms with Gasteiger partial charge in [-0.2, -0.15) is 5.10 Å². The van der Waals surface area contributed by atoms with Crippen LogP contribution in [-0.2, 0) is 22.6 Å². The van der Waals surface area contributed by atoms with Crippen molar-refractivity contribution in [1.29, 1.82) is 0 Å². The van der Waals surface area contributed by atoms with E-state index < -0.39 is 6.10 Å². The van der Waals surface area contributed by atoms with Crippen molar-refractivity contribution in [3.05, 3.63) is 53.3 Å². The Morgan fingerprint density at radius 1 is 1.15 bits per heavy atom. The lowest BCUT2D eigenvalue weighted by Gasteiger charge is -2.31. The van der Waals surface area contributed by atoms with Gasteiger partial charge >= 0.3 is 0 Å². The second-order valence-corrected chi connectivity index (χ2v) is 6.80. The molecule has 138 valence electrons. The normalized spacial score (nSPS) is 19.2. The number of aliphatic hydroxyl groups excluding tert-OH is 1. The number of hydrogen-bond acceptors (Lipinski definition) is 5. The molecule has 0 saturated carbocycles. The Morgan fingerprint density at radius 3 is 2.69 bits per heavy atom. The third-order valence-corrected chi connectivity index (χ3v) is 5.01. The fourth-order valence-electron chi connectivity index (χ4n) is 3.52. The summed E-state index contributed by atoms with van der Waals surface area (Å²) in [6, 6.07) is 11.5. The lowest BCUT2D eigenvalue weighted by Crippen LogP contribution is -2.47. The van der Waals surface area contributed by atoms with Crippen molar-refractivity contribution in [3.8, 4) is 0 Å². The van der Waals surface area contributed by atoms with E-state index in [2.05, 4.69) is 10.00 Å². The molecule has 1 saturated heterocycles. The van der Waals surface area contributed by atoms with Gasteiger partial charge in [0.05, 0.1) is 37.7 Å². The zero-order valence-corrected chi connectivity index (χ0v) is 14.8. The average Bonchev–Trinajstić information content (AvgIpc) is 3.12. The first-order valence-electron chi connectivity index (χ1n) is 9.08. The van der Waals surface area contributed by atoms with Gasteiger partial charge in [0.2, 0.25) is 5.91 Å². The van der Waals surface area contributed by atoms with Crippen LogP contribution >= 0.6 is 0 Å². The Bertz CT molecular complexity index is 755. The summed E-state index contributed by atoms with van der Waals surface area (Å²) in [7, 11) is 0. The van der Waals surface area contributed by atoms with Crippen molar-refractivity contribution < 1.29 is 14.6 Å². The number of carbonyl (C=O) groups excluding carboxylic acids is 1. The maximum Gasteiger partial charge on any atom is 0.236 e. The molecule has 0 unspecified atom stereocenters. The Kier molecular flexibility index (Phi) is 5.01. The standard InChI is InChI=1S/C19H24N4O3/c24-18(22-8-10-26-11-9-22)14-21-6-7-23-16(13-21)12-17(20-23)19(25)15-4-2-1-3-5-15/h1-5,12,19,25H,6-11,13-14H2/t19-/m0/s1. The highest BCUT2D eigenvalue weighted by atomic mass is 16.5. The zero-order chi connectivity index (χ0) is 17.9. The lowest BCUT2D eigenvalue weighted by molar-refractivity contribution is -0.136. The second-order valence-electron chi connectivity index (χ2n) is 6.80. The van der Waals surface area contributed by atoms with E-state index in [-0.39, 0.29) is 5.91 Å². The minimum absolute atomic E-state index is 0.158. The van der Waals surface area contributed by atoms with E-state index in [1.807, 2.05) is 46.0 Å². The summed E-state index contributed by atoms with van der Waals surface area (Å²) in [5.41, 5.74) is 2.53. The Labute approximate surface area is 152 Å². The predicted octanol–water partition coefficient (Wildman–Crippen LogP) is 0.639. The van der Waals surface area contributed by atoms with Gasteiger partial charge in [0.15, 0.2) is 0 Å². The molecule has 0 spiro atoms. The smallest absolute Gasteiger partial charge is 0.236 e. The van der Waals surface area contributed by atoms with Gasteiger partial charge in [-0.3, -0.25) is 14.4 Å². The minimum Gasteiger partial charge on any atom is -0.382 e. The zero-order valence-electron chi connectivity index (χ0n) is 14.8. The highest BCUT2D eigenvalue weighted by Crippen LogP contribution is 2.23. The highest BCUT2D eigenvalue weighted by Gasteiger charge is 2.25. The number of benzene rings is 1. The summed E-state index contributed by atoms with van der Waals surface area (Å²) in [4.78, 5) is 16.5. The minimum atomic E-state index is -0.724. The highest BCUT2D eigenvalue weighted by molar-refractivity contribution is 5.78. The van der Waals surface area contributed by atoms with Crippen LogP contribution in [0.1, 0.15) is 23.1 Å². The Morgan fingerprint density at radius 2 is 1.92 bits per heavy atom. The van der Waals surface area contributed by atoms with Crippen molar-refractivity contribution in [2.45, 2.75) is 19.2 Å². The van der Waals surface area contributed by atoms with Crippen molar-refractivity contribution >= 4 is 5.91 Å². The van der Waals surface area contributed by atoms with Crippen LogP contribution in [0.4, 0.5) is 0 Å². The van der Waals surface area contributed by atoms with E-state index in [9.17, 15) is 9.90 Å². The van der Waals surface area contributed by atoms with Crippen LogP contribution in [0.15, 0.2) is 36.4 Å². The maximum absolute atomic E-state index is 12.4. The number of carbonyl (C=O) groups is 1. The molecule has 4 rings (SSSR count). The second kappa shape index (κ2) is 7.57. The first-order valence-corrected chi connectivity index (χ1v) is 9.08. The summed E-state index contributed by atoms with van der Waals surface area (Å²) < 4.78 is 7.25. The van der Waals surface area contributed by atoms with Crippen molar-refractivity contribution in [2.24, 2.45) is 0 Å². The maximum atomic E-state index is 12.4. The van der Waals surface area contributed by atoms with E-state index >= 15 is 0 Å². The molecule has 1 amide bonds. The number of aromatic nitrogens is 2. The molecule has 1 aromatic carbocycles. The SMILES string of the molecule is O=C(CN1CCn2nc([C@@H](O)c3ccccc3)cc2C1)N1CCOCC1. The van der Waals surface area contributed by atoms with E-state index in [0.29, 0.717) is 45.1 Å².